The Bertz CT molecular complexity index is 380. The van der Waals surface area contributed by atoms with E-state index in [0.29, 0.717) is 11.3 Å². The van der Waals surface area contributed by atoms with Crippen LogP contribution < -0.4 is 10.1 Å². The minimum absolute atomic E-state index is 0.315. The van der Waals surface area contributed by atoms with E-state index < -0.39 is 0 Å². The molecule has 16 heavy (non-hydrogen) atoms. The van der Waals surface area contributed by atoms with Crippen LogP contribution in [0.3, 0.4) is 0 Å². The summed E-state index contributed by atoms with van der Waals surface area (Å²) in [5, 5.41) is 3.35. The van der Waals surface area contributed by atoms with Gasteiger partial charge in [-0.1, -0.05) is 32.9 Å². The van der Waals surface area contributed by atoms with E-state index in [1.54, 1.807) is 7.11 Å². The maximum absolute atomic E-state index is 5.41. The summed E-state index contributed by atoms with van der Waals surface area (Å²) in [6.45, 7) is 8.90. The number of nitrogens with one attached hydrogen (secondary N) is 1. The molecule has 0 bridgehead atoms. The molecule has 1 aromatic carbocycles. The first-order valence-electron chi connectivity index (χ1n) is 5.96. The second kappa shape index (κ2) is 4.10. The van der Waals surface area contributed by atoms with Crippen molar-refractivity contribution in [3.8, 4) is 5.75 Å². The van der Waals surface area contributed by atoms with Gasteiger partial charge in [0.05, 0.1) is 7.11 Å². The Morgan fingerprint density at radius 3 is 2.44 bits per heavy atom. The maximum Gasteiger partial charge on any atom is 0.122 e. The second-order valence-corrected chi connectivity index (χ2v) is 5.28. The molecule has 0 aromatic heterocycles. The van der Waals surface area contributed by atoms with Crippen molar-refractivity contribution in [3.63, 3.8) is 0 Å². The van der Waals surface area contributed by atoms with Gasteiger partial charge >= 0.3 is 0 Å². The normalized spacial score (nSPS) is 18.3. The molecular formula is C14H21NO. The molecule has 1 fully saturated rings. The monoisotopic (exact) mass is 219 g/mol. The third kappa shape index (κ3) is 1.82. The third-order valence-electron chi connectivity index (χ3n) is 3.58. The fourth-order valence-electron chi connectivity index (χ4n) is 2.27. The Balaban J connectivity index is 2.38. The number of ether oxygens (including phenoxy) is 1. The van der Waals surface area contributed by atoms with Gasteiger partial charge < -0.3 is 10.1 Å². The third-order valence-corrected chi connectivity index (χ3v) is 3.58. The molecule has 1 N–H and O–H groups in total. The van der Waals surface area contributed by atoms with E-state index in [1.165, 1.54) is 11.1 Å². The summed E-state index contributed by atoms with van der Waals surface area (Å²) in [7, 11) is 1.74. The highest BCUT2D eigenvalue weighted by molar-refractivity contribution is 5.43. The Morgan fingerprint density at radius 2 is 2.00 bits per heavy atom. The van der Waals surface area contributed by atoms with Gasteiger partial charge in [-0.05, 0) is 23.1 Å². The Hall–Kier alpha value is -1.02. The standard InChI is InChI=1S/C14H21NO/c1-10(2)12-7-11(5-6-13(12)16-4)14(3)8-15-9-14/h5-7,10,15H,8-9H2,1-4H3. The lowest BCUT2D eigenvalue weighted by molar-refractivity contribution is 0.304. The number of methoxy groups -OCH3 is 1. The topological polar surface area (TPSA) is 21.3 Å². The average molecular weight is 219 g/mol. The number of benzene rings is 1. The summed E-state index contributed by atoms with van der Waals surface area (Å²) in [4.78, 5) is 0. The molecule has 1 aliphatic heterocycles. The van der Waals surface area contributed by atoms with Crippen molar-refractivity contribution in [2.24, 2.45) is 0 Å². The van der Waals surface area contributed by atoms with Gasteiger partial charge in [-0.2, -0.15) is 0 Å². The van der Waals surface area contributed by atoms with E-state index in [9.17, 15) is 0 Å². The van der Waals surface area contributed by atoms with Crippen LogP contribution >= 0.6 is 0 Å². The molecule has 2 nitrogen and oxygen atoms in total. The largest absolute Gasteiger partial charge is 0.496 e. The lowest BCUT2D eigenvalue weighted by Gasteiger charge is -2.40. The van der Waals surface area contributed by atoms with E-state index in [-0.39, 0.29) is 0 Å². The first-order valence-corrected chi connectivity index (χ1v) is 5.96. The molecule has 0 aliphatic carbocycles. The van der Waals surface area contributed by atoms with Crippen molar-refractivity contribution in [2.45, 2.75) is 32.1 Å². The number of rotatable bonds is 3. The Kier molecular flexibility index (Phi) is 2.94. The summed E-state index contributed by atoms with van der Waals surface area (Å²) < 4.78 is 5.41. The summed E-state index contributed by atoms with van der Waals surface area (Å²) in [6, 6.07) is 6.62. The molecule has 1 saturated heterocycles. The molecule has 0 spiro atoms. The highest BCUT2D eigenvalue weighted by atomic mass is 16.5. The molecule has 0 saturated carbocycles. The molecule has 1 aromatic rings. The maximum atomic E-state index is 5.41. The Morgan fingerprint density at radius 1 is 1.31 bits per heavy atom. The molecule has 1 aliphatic rings. The van der Waals surface area contributed by atoms with Gasteiger partial charge in [-0.25, -0.2) is 0 Å². The van der Waals surface area contributed by atoms with Gasteiger partial charge in [0.1, 0.15) is 5.75 Å². The molecule has 0 radical (unpaired) electrons. The van der Waals surface area contributed by atoms with Gasteiger partial charge in [-0.15, -0.1) is 0 Å². The fourth-order valence-corrected chi connectivity index (χ4v) is 2.27. The Labute approximate surface area is 98.0 Å². The smallest absolute Gasteiger partial charge is 0.122 e. The fraction of sp³-hybridized carbons (Fsp3) is 0.571. The first-order chi connectivity index (χ1) is 7.57. The van der Waals surface area contributed by atoms with Crippen molar-refractivity contribution >= 4 is 0 Å². The highest BCUT2D eigenvalue weighted by Crippen LogP contribution is 2.34. The van der Waals surface area contributed by atoms with E-state index in [4.69, 9.17) is 4.74 Å². The molecule has 0 amide bonds. The van der Waals surface area contributed by atoms with Gasteiger partial charge in [0.25, 0.3) is 0 Å². The summed E-state index contributed by atoms with van der Waals surface area (Å²) in [6.07, 6.45) is 0. The zero-order valence-electron chi connectivity index (χ0n) is 10.6. The van der Waals surface area contributed by atoms with Crippen molar-refractivity contribution in [1.29, 1.82) is 0 Å². The average Bonchev–Trinajstić information content (AvgIpc) is 2.25. The van der Waals surface area contributed by atoms with Crippen LogP contribution in [0.2, 0.25) is 0 Å². The van der Waals surface area contributed by atoms with Gasteiger partial charge in [0, 0.05) is 18.5 Å². The van der Waals surface area contributed by atoms with Crippen LogP contribution in [0.5, 0.6) is 5.75 Å². The zero-order valence-corrected chi connectivity index (χ0v) is 10.6. The SMILES string of the molecule is COc1ccc(C2(C)CNC2)cc1C(C)C. The number of hydrogen-bond acceptors (Lipinski definition) is 2. The minimum atomic E-state index is 0.315. The molecule has 0 atom stereocenters. The van der Waals surface area contributed by atoms with E-state index in [0.717, 1.165) is 18.8 Å². The van der Waals surface area contributed by atoms with Crippen LogP contribution in [0.25, 0.3) is 0 Å². The summed E-state index contributed by atoms with van der Waals surface area (Å²) >= 11 is 0. The quantitative estimate of drug-likeness (QED) is 0.844. The van der Waals surface area contributed by atoms with Gasteiger partial charge in [0.15, 0.2) is 0 Å². The van der Waals surface area contributed by atoms with Gasteiger partial charge in [0.2, 0.25) is 0 Å². The molecule has 2 rings (SSSR count). The van der Waals surface area contributed by atoms with Crippen molar-refractivity contribution in [3.05, 3.63) is 29.3 Å². The van der Waals surface area contributed by atoms with Crippen LogP contribution in [-0.4, -0.2) is 20.2 Å². The number of hydrogen-bond donors (Lipinski definition) is 1. The van der Waals surface area contributed by atoms with Crippen LogP contribution in [0.1, 0.15) is 37.8 Å². The van der Waals surface area contributed by atoms with Crippen molar-refractivity contribution < 1.29 is 4.74 Å². The van der Waals surface area contributed by atoms with Crippen LogP contribution in [0, 0.1) is 0 Å². The van der Waals surface area contributed by atoms with Crippen molar-refractivity contribution in [1.82, 2.24) is 5.32 Å². The second-order valence-electron chi connectivity index (χ2n) is 5.28. The van der Waals surface area contributed by atoms with E-state index in [1.807, 2.05) is 0 Å². The molecule has 1 heterocycles. The zero-order chi connectivity index (χ0) is 11.8. The van der Waals surface area contributed by atoms with Crippen LogP contribution in [0.15, 0.2) is 18.2 Å². The lowest BCUT2D eigenvalue weighted by Crippen LogP contribution is -2.54. The molecular weight excluding hydrogens is 198 g/mol. The highest BCUT2D eigenvalue weighted by Gasteiger charge is 2.33. The van der Waals surface area contributed by atoms with E-state index in [2.05, 4.69) is 44.3 Å². The molecule has 88 valence electrons. The summed E-state index contributed by atoms with van der Waals surface area (Å²) in [5.41, 5.74) is 3.06. The van der Waals surface area contributed by atoms with Crippen LogP contribution in [-0.2, 0) is 5.41 Å². The predicted octanol–water partition coefficient (Wildman–Crippen LogP) is 2.68. The van der Waals surface area contributed by atoms with E-state index >= 15 is 0 Å². The first kappa shape index (κ1) is 11.5. The van der Waals surface area contributed by atoms with Crippen LogP contribution in [0.4, 0.5) is 0 Å². The van der Waals surface area contributed by atoms with Crippen molar-refractivity contribution in [2.75, 3.05) is 20.2 Å². The minimum Gasteiger partial charge on any atom is -0.496 e. The molecule has 2 heteroatoms. The van der Waals surface area contributed by atoms with Gasteiger partial charge in [-0.3, -0.25) is 0 Å². The molecule has 0 unspecified atom stereocenters. The predicted molar refractivity (Wildman–Crippen MR) is 67.3 cm³/mol. The summed E-state index contributed by atoms with van der Waals surface area (Å²) in [5.74, 6) is 1.51. The lowest BCUT2D eigenvalue weighted by atomic mass is 9.76.